The Morgan fingerprint density at radius 3 is 2.47 bits per heavy atom. The highest BCUT2D eigenvalue weighted by Crippen LogP contribution is 2.09. The van der Waals surface area contributed by atoms with Gasteiger partial charge in [0, 0.05) is 58.3 Å². The van der Waals surface area contributed by atoms with Gasteiger partial charge in [-0.1, -0.05) is 0 Å². The van der Waals surface area contributed by atoms with Crippen molar-refractivity contribution in [1.29, 1.82) is 0 Å². The number of nitrogens with zero attached hydrogens (tertiary/aromatic N) is 2. The van der Waals surface area contributed by atoms with E-state index in [-0.39, 0.29) is 0 Å². The van der Waals surface area contributed by atoms with E-state index in [1.165, 1.54) is 39.3 Å². The quantitative estimate of drug-likeness (QED) is 0.657. The van der Waals surface area contributed by atoms with Gasteiger partial charge in [-0.3, -0.25) is 9.80 Å². The van der Waals surface area contributed by atoms with E-state index in [1.807, 2.05) is 6.92 Å². The highest BCUT2D eigenvalue weighted by Gasteiger charge is 2.27. The minimum absolute atomic E-state index is 0.822. The zero-order valence-corrected chi connectivity index (χ0v) is 9.63. The van der Waals surface area contributed by atoms with Crippen molar-refractivity contribution >= 4 is 0 Å². The van der Waals surface area contributed by atoms with E-state index in [9.17, 15) is 0 Å². The van der Waals surface area contributed by atoms with E-state index in [4.69, 9.17) is 0 Å². The van der Waals surface area contributed by atoms with Crippen LogP contribution in [0.1, 0.15) is 13.3 Å². The second kappa shape index (κ2) is 5.50. The molecule has 2 saturated heterocycles. The molecule has 15 heavy (non-hydrogen) atoms. The summed E-state index contributed by atoms with van der Waals surface area (Å²) in [5, 5.41) is 3.34. The van der Waals surface area contributed by atoms with Crippen LogP contribution in [0.4, 0.5) is 0 Å². The van der Waals surface area contributed by atoms with Crippen molar-refractivity contribution in [3.8, 4) is 11.8 Å². The summed E-state index contributed by atoms with van der Waals surface area (Å²) < 4.78 is 0. The van der Waals surface area contributed by atoms with Crippen LogP contribution in [0.15, 0.2) is 0 Å². The average molecular weight is 207 g/mol. The fraction of sp³-hybridized carbons (Fsp3) is 0.833. The van der Waals surface area contributed by atoms with E-state index in [2.05, 4.69) is 27.0 Å². The molecule has 2 fully saturated rings. The first kappa shape index (κ1) is 10.9. The number of hydrogen-bond acceptors (Lipinski definition) is 3. The molecule has 3 nitrogen and oxygen atoms in total. The monoisotopic (exact) mass is 207 g/mol. The summed E-state index contributed by atoms with van der Waals surface area (Å²) in [6, 6.07) is 0.822. The summed E-state index contributed by atoms with van der Waals surface area (Å²) in [5.41, 5.74) is 0. The molecule has 0 radical (unpaired) electrons. The standard InChI is InChI=1S/C12H21N3/c1-2-3-4-5-14-6-8-15(9-7-14)12-10-13-11-12/h12-13H,4-11H2,1H3. The zero-order valence-electron chi connectivity index (χ0n) is 9.63. The van der Waals surface area contributed by atoms with E-state index in [1.54, 1.807) is 0 Å². The third kappa shape index (κ3) is 2.94. The molecule has 2 heterocycles. The smallest absolute Gasteiger partial charge is 0.0346 e. The van der Waals surface area contributed by atoms with Crippen molar-refractivity contribution < 1.29 is 0 Å². The Hall–Kier alpha value is -0.560. The van der Waals surface area contributed by atoms with Gasteiger partial charge in [-0.2, -0.15) is 0 Å². The molecule has 0 unspecified atom stereocenters. The van der Waals surface area contributed by atoms with Gasteiger partial charge in [0.25, 0.3) is 0 Å². The van der Waals surface area contributed by atoms with Crippen LogP contribution >= 0.6 is 0 Å². The average Bonchev–Trinajstić information content (AvgIpc) is 2.18. The molecular formula is C12H21N3. The second-order valence-corrected chi connectivity index (χ2v) is 4.37. The van der Waals surface area contributed by atoms with Crippen molar-refractivity contribution in [3.63, 3.8) is 0 Å². The van der Waals surface area contributed by atoms with Crippen molar-refractivity contribution in [1.82, 2.24) is 15.1 Å². The molecule has 0 spiro atoms. The number of piperazine rings is 1. The summed E-state index contributed by atoms with van der Waals surface area (Å²) in [4.78, 5) is 5.16. The van der Waals surface area contributed by atoms with Gasteiger partial charge in [0.05, 0.1) is 0 Å². The lowest BCUT2D eigenvalue weighted by Crippen LogP contribution is -2.61. The van der Waals surface area contributed by atoms with Crippen LogP contribution < -0.4 is 5.32 Å². The molecule has 3 heteroatoms. The normalized spacial score (nSPS) is 24.3. The molecule has 2 rings (SSSR count). The molecule has 84 valence electrons. The first-order valence-electron chi connectivity index (χ1n) is 5.97. The second-order valence-electron chi connectivity index (χ2n) is 4.37. The van der Waals surface area contributed by atoms with E-state index < -0.39 is 0 Å². The maximum Gasteiger partial charge on any atom is 0.0346 e. The molecule has 0 aromatic carbocycles. The lowest BCUT2D eigenvalue weighted by Gasteiger charge is -2.43. The van der Waals surface area contributed by atoms with Gasteiger partial charge in [-0.25, -0.2) is 0 Å². The van der Waals surface area contributed by atoms with Crippen LogP contribution in [-0.2, 0) is 0 Å². The summed E-state index contributed by atoms with van der Waals surface area (Å²) in [6.45, 7) is 10.4. The Labute approximate surface area is 92.8 Å². The maximum absolute atomic E-state index is 3.34. The minimum atomic E-state index is 0.822. The predicted octanol–water partition coefficient (Wildman–Crippen LogP) is -0.0108. The van der Waals surface area contributed by atoms with Crippen LogP contribution in [0, 0.1) is 11.8 Å². The third-order valence-corrected chi connectivity index (χ3v) is 3.41. The summed E-state index contributed by atoms with van der Waals surface area (Å²) >= 11 is 0. The molecule has 2 aliphatic rings. The zero-order chi connectivity index (χ0) is 10.5. The van der Waals surface area contributed by atoms with Crippen LogP contribution in [0.2, 0.25) is 0 Å². The molecule has 0 atom stereocenters. The Bertz CT molecular complexity index is 241. The molecule has 0 aromatic heterocycles. The first-order valence-corrected chi connectivity index (χ1v) is 5.97. The van der Waals surface area contributed by atoms with E-state index in [0.29, 0.717) is 0 Å². The SMILES string of the molecule is CC#CCCN1CCN(C2CNC2)CC1. The van der Waals surface area contributed by atoms with Gasteiger partial charge in [0.15, 0.2) is 0 Å². The molecule has 0 aromatic rings. The van der Waals surface area contributed by atoms with Crippen LogP contribution in [0.25, 0.3) is 0 Å². The van der Waals surface area contributed by atoms with Crippen molar-refractivity contribution in [2.24, 2.45) is 0 Å². The molecule has 0 saturated carbocycles. The highest BCUT2D eigenvalue weighted by molar-refractivity contribution is 4.96. The van der Waals surface area contributed by atoms with Crippen LogP contribution in [0.5, 0.6) is 0 Å². The van der Waals surface area contributed by atoms with E-state index in [0.717, 1.165) is 19.0 Å². The van der Waals surface area contributed by atoms with Crippen LogP contribution in [0.3, 0.4) is 0 Å². The highest BCUT2D eigenvalue weighted by atomic mass is 15.3. The number of hydrogen-bond donors (Lipinski definition) is 1. The van der Waals surface area contributed by atoms with Gasteiger partial charge in [-0.15, -0.1) is 11.8 Å². The lowest BCUT2D eigenvalue weighted by atomic mass is 10.1. The fourth-order valence-corrected chi connectivity index (χ4v) is 2.22. The Balaban J connectivity index is 1.64. The van der Waals surface area contributed by atoms with E-state index >= 15 is 0 Å². The maximum atomic E-state index is 3.34. The summed E-state index contributed by atoms with van der Waals surface area (Å²) in [5.74, 6) is 6.09. The third-order valence-electron chi connectivity index (χ3n) is 3.41. The number of rotatable bonds is 3. The molecule has 0 amide bonds. The van der Waals surface area contributed by atoms with Crippen molar-refractivity contribution in [2.45, 2.75) is 19.4 Å². The molecule has 1 N–H and O–H groups in total. The molecule has 0 aliphatic carbocycles. The Kier molecular flexibility index (Phi) is 4.01. The molecular weight excluding hydrogens is 186 g/mol. The molecule has 2 aliphatic heterocycles. The van der Waals surface area contributed by atoms with Gasteiger partial charge < -0.3 is 5.32 Å². The topological polar surface area (TPSA) is 18.5 Å². The Morgan fingerprint density at radius 2 is 1.93 bits per heavy atom. The van der Waals surface area contributed by atoms with Gasteiger partial charge in [0.2, 0.25) is 0 Å². The van der Waals surface area contributed by atoms with Gasteiger partial charge in [-0.05, 0) is 6.92 Å². The minimum Gasteiger partial charge on any atom is -0.314 e. The largest absolute Gasteiger partial charge is 0.314 e. The van der Waals surface area contributed by atoms with Crippen molar-refractivity contribution in [2.75, 3.05) is 45.8 Å². The fourth-order valence-electron chi connectivity index (χ4n) is 2.22. The predicted molar refractivity (Wildman–Crippen MR) is 62.7 cm³/mol. The first-order chi connectivity index (χ1) is 7.40. The van der Waals surface area contributed by atoms with Gasteiger partial charge in [0.1, 0.15) is 0 Å². The summed E-state index contributed by atoms with van der Waals surface area (Å²) in [7, 11) is 0. The summed E-state index contributed by atoms with van der Waals surface area (Å²) in [6.07, 6.45) is 1.03. The van der Waals surface area contributed by atoms with Crippen LogP contribution in [-0.4, -0.2) is 61.7 Å². The number of nitrogens with one attached hydrogen (secondary N) is 1. The lowest BCUT2D eigenvalue weighted by molar-refractivity contribution is 0.0740. The van der Waals surface area contributed by atoms with Gasteiger partial charge >= 0.3 is 0 Å². The van der Waals surface area contributed by atoms with Crippen molar-refractivity contribution in [3.05, 3.63) is 0 Å². The Morgan fingerprint density at radius 1 is 1.20 bits per heavy atom. The molecule has 0 bridgehead atoms.